The first-order valence-corrected chi connectivity index (χ1v) is 12.1. The maximum Gasteiger partial charge on any atom is 0.255 e. The van der Waals surface area contributed by atoms with E-state index in [1.807, 2.05) is 32.0 Å². The molecule has 0 aliphatic carbocycles. The van der Waals surface area contributed by atoms with Gasteiger partial charge >= 0.3 is 0 Å². The van der Waals surface area contributed by atoms with E-state index in [0.29, 0.717) is 16.8 Å². The van der Waals surface area contributed by atoms with Gasteiger partial charge in [-0.2, -0.15) is 0 Å². The van der Waals surface area contributed by atoms with Crippen LogP contribution in [0.5, 0.6) is 0 Å². The predicted octanol–water partition coefficient (Wildman–Crippen LogP) is 5.83. The molecule has 162 valence electrons. The van der Waals surface area contributed by atoms with Gasteiger partial charge in [0, 0.05) is 11.3 Å². The average molecular weight is 477 g/mol. The number of nitrogens with zero attached hydrogens (tertiary/aromatic N) is 1. The van der Waals surface area contributed by atoms with E-state index in [1.165, 1.54) is 4.31 Å². The Morgan fingerprint density at radius 2 is 1.58 bits per heavy atom. The van der Waals surface area contributed by atoms with Gasteiger partial charge in [0.2, 0.25) is 10.0 Å². The Morgan fingerprint density at radius 3 is 2.16 bits per heavy atom. The molecular formula is C23H22Cl2N2O3S. The Bertz CT molecular complexity index is 1210. The van der Waals surface area contributed by atoms with Crippen molar-refractivity contribution in [2.24, 2.45) is 0 Å². The number of rotatable bonds is 6. The minimum atomic E-state index is -3.62. The Morgan fingerprint density at radius 1 is 0.968 bits per heavy atom. The quantitative estimate of drug-likeness (QED) is 0.486. The summed E-state index contributed by atoms with van der Waals surface area (Å²) in [6.07, 6.45) is 1.11. The summed E-state index contributed by atoms with van der Waals surface area (Å²) in [4.78, 5) is 12.6. The van der Waals surface area contributed by atoms with E-state index >= 15 is 0 Å². The minimum Gasteiger partial charge on any atom is -0.322 e. The molecule has 0 aliphatic heterocycles. The lowest BCUT2D eigenvalue weighted by Crippen LogP contribution is -2.29. The van der Waals surface area contributed by atoms with Gasteiger partial charge in [-0.05, 0) is 66.9 Å². The molecule has 3 aromatic carbocycles. The van der Waals surface area contributed by atoms with Crippen LogP contribution in [-0.2, 0) is 16.6 Å². The standard InChI is InChI=1S/C23H22Cl2N2O3S/c1-15-11-16(2)13-19(12-15)26-23(28)18-9-7-17(8-10-18)14-27(31(3,29)30)21-6-4-5-20(24)22(21)25/h4-13H,14H2,1-3H3,(H,26,28). The molecule has 0 fully saturated rings. The lowest BCUT2D eigenvalue weighted by Gasteiger charge is -2.24. The molecule has 0 radical (unpaired) electrons. The van der Waals surface area contributed by atoms with Crippen molar-refractivity contribution < 1.29 is 13.2 Å². The van der Waals surface area contributed by atoms with Crippen molar-refractivity contribution in [1.29, 1.82) is 0 Å². The van der Waals surface area contributed by atoms with Gasteiger partial charge in [-0.3, -0.25) is 9.10 Å². The molecule has 31 heavy (non-hydrogen) atoms. The summed E-state index contributed by atoms with van der Waals surface area (Å²) in [7, 11) is -3.62. The van der Waals surface area contributed by atoms with Gasteiger partial charge < -0.3 is 5.32 Å². The van der Waals surface area contributed by atoms with E-state index in [0.717, 1.165) is 23.1 Å². The van der Waals surface area contributed by atoms with Crippen molar-refractivity contribution >= 4 is 50.5 Å². The van der Waals surface area contributed by atoms with Crippen LogP contribution < -0.4 is 9.62 Å². The molecule has 8 heteroatoms. The lowest BCUT2D eigenvalue weighted by atomic mass is 10.1. The number of hydrogen-bond acceptors (Lipinski definition) is 3. The van der Waals surface area contributed by atoms with Gasteiger partial charge in [0.1, 0.15) is 0 Å². The summed E-state index contributed by atoms with van der Waals surface area (Å²) in [5.41, 5.74) is 4.31. The highest BCUT2D eigenvalue weighted by Gasteiger charge is 2.21. The van der Waals surface area contributed by atoms with Crippen LogP contribution in [0.2, 0.25) is 10.0 Å². The second-order valence-electron chi connectivity index (χ2n) is 7.37. The summed E-state index contributed by atoms with van der Waals surface area (Å²) in [6.45, 7) is 3.99. The Hall–Kier alpha value is -2.54. The van der Waals surface area contributed by atoms with Crippen LogP contribution in [0.1, 0.15) is 27.0 Å². The molecule has 0 aromatic heterocycles. The largest absolute Gasteiger partial charge is 0.322 e. The van der Waals surface area contributed by atoms with Gasteiger partial charge in [0.15, 0.2) is 0 Å². The van der Waals surface area contributed by atoms with Crippen molar-refractivity contribution in [2.75, 3.05) is 15.9 Å². The smallest absolute Gasteiger partial charge is 0.255 e. The first-order chi connectivity index (χ1) is 14.5. The van der Waals surface area contributed by atoms with E-state index in [9.17, 15) is 13.2 Å². The number of benzene rings is 3. The van der Waals surface area contributed by atoms with Crippen molar-refractivity contribution in [3.05, 3.63) is 93.0 Å². The third kappa shape index (κ3) is 5.79. The van der Waals surface area contributed by atoms with Gasteiger partial charge in [-0.15, -0.1) is 0 Å². The molecule has 0 atom stereocenters. The van der Waals surface area contributed by atoms with E-state index in [1.54, 1.807) is 42.5 Å². The molecule has 0 saturated carbocycles. The zero-order valence-corrected chi connectivity index (χ0v) is 19.6. The zero-order valence-electron chi connectivity index (χ0n) is 17.3. The van der Waals surface area contributed by atoms with E-state index in [2.05, 4.69) is 5.32 Å². The predicted molar refractivity (Wildman–Crippen MR) is 128 cm³/mol. The molecule has 0 saturated heterocycles. The molecule has 0 bridgehead atoms. The molecule has 0 unspecified atom stereocenters. The maximum atomic E-state index is 12.6. The van der Waals surface area contributed by atoms with E-state index < -0.39 is 10.0 Å². The van der Waals surface area contributed by atoms with Crippen molar-refractivity contribution in [2.45, 2.75) is 20.4 Å². The fraction of sp³-hybridized carbons (Fsp3) is 0.174. The number of carbonyl (C=O) groups is 1. The summed E-state index contributed by atoms with van der Waals surface area (Å²) in [5, 5.41) is 3.32. The Balaban J connectivity index is 1.81. The maximum absolute atomic E-state index is 12.6. The van der Waals surface area contributed by atoms with E-state index in [4.69, 9.17) is 23.2 Å². The second kappa shape index (κ2) is 9.30. The number of aryl methyl sites for hydroxylation is 2. The number of hydrogen-bond donors (Lipinski definition) is 1. The summed E-state index contributed by atoms with van der Waals surface area (Å²) < 4.78 is 26.0. The summed E-state index contributed by atoms with van der Waals surface area (Å²) in [6, 6.07) is 17.4. The molecule has 0 heterocycles. The first kappa shape index (κ1) is 23.1. The highest BCUT2D eigenvalue weighted by molar-refractivity contribution is 7.92. The molecule has 1 N–H and O–H groups in total. The van der Waals surface area contributed by atoms with Crippen LogP contribution in [0, 0.1) is 13.8 Å². The third-order valence-corrected chi connectivity index (χ3v) is 6.56. The Labute approximate surface area is 192 Å². The number of carbonyl (C=O) groups excluding carboxylic acids is 1. The van der Waals surface area contributed by atoms with Crippen LogP contribution in [0.4, 0.5) is 11.4 Å². The van der Waals surface area contributed by atoms with Crippen LogP contribution in [0.15, 0.2) is 60.7 Å². The van der Waals surface area contributed by atoms with Crippen LogP contribution in [0.3, 0.4) is 0 Å². The van der Waals surface area contributed by atoms with Crippen molar-refractivity contribution in [1.82, 2.24) is 0 Å². The summed E-state index contributed by atoms with van der Waals surface area (Å²) >= 11 is 12.3. The monoisotopic (exact) mass is 476 g/mol. The molecule has 1 amide bonds. The number of halogens is 2. The fourth-order valence-corrected chi connectivity index (χ4v) is 4.58. The minimum absolute atomic E-state index is 0.0534. The van der Waals surface area contributed by atoms with Gasteiger partial charge in [0.25, 0.3) is 5.91 Å². The molecule has 3 aromatic rings. The lowest BCUT2D eigenvalue weighted by molar-refractivity contribution is 0.102. The molecular weight excluding hydrogens is 455 g/mol. The van der Waals surface area contributed by atoms with Gasteiger partial charge in [0.05, 0.1) is 28.5 Å². The topological polar surface area (TPSA) is 66.5 Å². The molecule has 0 aliphatic rings. The molecule has 0 spiro atoms. The number of anilines is 2. The normalized spacial score (nSPS) is 11.3. The molecule has 5 nitrogen and oxygen atoms in total. The highest BCUT2D eigenvalue weighted by Crippen LogP contribution is 2.34. The third-order valence-electron chi connectivity index (χ3n) is 4.62. The first-order valence-electron chi connectivity index (χ1n) is 9.45. The Kier molecular flexibility index (Phi) is 6.94. The molecule has 3 rings (SSSR count). The number of sulfonamides is 1. The van der Waals surface area contributed by atoms with Crippen LogP contribution in [0.25, 0.3) is 0 Å². The zero-order chi connectivity index (χ0) is 22.8. The average Bonchev–Trinajstić information content (AvgIpc) is 2.67. The summed E-state index contributed by atoms with van der Waals surface area (Å²) in [5.74, 6) is -0.241. The van der Waals surface area contributed by atoms with E-state index in [-0.39, 0.29) is 22.5 Å². The number of nitrogens with one attached hydrogen (secondary N) is 1. The second-order valence-corrected chi connectivity index (χ2v) is 10.1. The fourth-order valence-electron chi connectivity index (χ4n) is 3.24. The van der Waals surface area contributed by atoms with Crippen LogP contribution in [-0.4, -0.2) is 20.6 Å². The number of amides is 1. The SMILES string of the molecule is Cc1cc(C)cc(NC(=O)c2ccc(CN(c3cccc(Cl)c3Cl)S(C)(=O)=O)cc2)c1. The van der Waals surface area contributed by atoms with Gasteiger partial charge in [-0.25, -0.2) is 8.42 Å². The van der Waals surface area contributed by atoms with Crippen LogP contribution >= 0.6 is 23.2 Å². The van der Waals surface area contributed by atoms with Crippen molar-refractivity contribution in [3.63, 3.8) is 0 Å². The van der Waals surface area contributed by atoms with Crippen molar-refractivity contribution in [3.8, 4) is 0 Å². The highest BCUT2D eigenvalue weighted by atomic mass is 35.5. The van der Waals surface area contributed by atoms with Gasteiger partial charge in [-0.1, -0.05) is 47.5 Å².